The normalized spacial score (nSPS) is 10.6. The zero-order valence-electron chi connectivity index (χ0n) is 13.2. The number of primary amides is 1. The van der Waals surface area contributed by atoms with Gasteiger partial charge in [-0.1, -0.05) is 35.3 Å². The van der Waals surface area contributed by atoms with E-state index >= 15 is 0 Å². The maximum Gasteiger partial charge on any atom is 0.248 e. The molecule has 0 saturated carbocycles. The highest BCUT2D eigenvalue weighted by molar-refractivity contribution is 6.34. The lowest BCUT2D eigenvalue weighted by Crippen LogP contribution is -2.15. The molecule has 0 aromatic heterocycles. The van der Waals surface area contributed by atoms with Crippen molar-refractivity contribution in [2.24, 2.45) is 5.73 Å². The zero-order valence-corrected chi connectivity index (χ0v) is 14.7. The van der Waals surface area contributed by atoms with E-state index in [0.717, 1.165) is 0 Å². The van der Waals surface area contributed by atoms with E-state index in [9.17, 15) is 9.59 Å². The van der Waals surface area contributed by atoms with Crippen molar-refractivity contribution in [3.63, 3.8) is 0 Å². The Balaban J connectivity index is 2.04. The molecule has 2 aromatic rings. The molecule has 0 heterocycles. The first-order valence-electron chi connectivity index (χ1n) is 7.40. The summed E-state index contributed by atoms with van der Waals surface area (Å²) in [5, 5.41) is 3.73. The quantitative estimate of drug-likeness (QED) is 0.716. The first-order chi connectivity index (χ1) is 12.0. The predicted octanol–water partition coefficient (Wildman–Crippen LogP) is 3.90. The molecule has 2 rings (SSSR count). The highest BCUT2D eigenvalue weighted by Crippen LogP contribution is 2.24. The van der Waals surface area contributed by atoms with Gasteiger partial charge in [-0.05, 0) is 42.0 Å². The summed E-state index contributed by atoms with van der Waals surface area (Å²) in [4.78, 5) is 22.9. The summed E-state index contributed by atoms with van der Waals surface area (Å²) < 4.78 is 5.47. The van der Waals surface area contributed by atoms with E-state index in [1.165, 1.54) is 6.08 Å². The molecule has 0 spiro atoms. The second-order valence-electron chi connectivity index (χ2n) is 5.05. The topological polar surface area (TPSA) is 81.4 Å². The first-order valence-corrected chi connectivity index (χ1v) is 8.15. The second-order valence-corrected chi connectivity index (χ2v) is 5.89. The Labute approximate surface area is 155 Å². The number of carbonyl (C=O) groups excluding carboxylic acids is 2. The van der Waals surface area contributed by atoms with Crippen LogP contribution in [-0.4, -0.2) is 18.4 Å². The van der Waals surface area contributed by atoms with Crippen molar-refractivity contribution in [3.8, 4) is 5.75 Å². The van der Waals surface area contributed by atoms with Crippen molar-refractivity contribution in [1.29, 1.82) is 0 Å². The van der Waals surface area contributed by atoms with Crippen LogP contribution >= 0.6 is 23.2 Å². The third-order valence-electron chi connectivity index (χ3n) is 3.12. The van der Waals surface area contributed by atoms with Crippen molar-refractivity contribution in [1.82, 2.24) is 0 Å². The van der Waals surface area contributed by atoms with Gasteiger partial charge in [0.25, 0.3) is 0 Å². The number of nitrogens with one attached hydrogen (secondary N) is 1. The van der Waals surface area contributed by atoms with Gasteiger partial charge < -0.3 is 15.8 Å². The van der Waals surface area contributed by atoms with Crippen LogP contribution in [0.25, 0.3) is 6.08 Å². The van der Waals surface area contributed by atoms with Gasteiger partial charge >= 0.3 is 0 Å². The Morgan fingerprint density at radius 1 is 1.16 bits per heavy atom. The summed E-state index contributed by atoms with van der Waals surface area (Å²) in [7, 11) is 0. The molecule has 25 heavy (non-hydrogen) atoms. The number of rotatable bonds is 7. The third kappa shape index (κ3) is 6.14. The lowest BCUT2D eigenvalue weighted by molar-refractivity contribution is -0.118. The molecule has 2 aromatic carbocycles. The van der Waals surface area contributed by atoms with E-state index in [0.29, 0.717) is 27.0 Å². The number of carbonyl (C=O) groups is 2. The van der Waals surface area contributed by atoms with Crippen molar-refractivity contribution in [2.45, 2.75) is 6.42 Å². The molecular weight excluding hydrogens is 363 g/mol. The standard InChI is InChI=1S/C18H16Cl2N2O3/c19-13-6-7-14(20)12(11-13)5-8-18(24)22-15-3-1-2-4-16(15)25-10-9-17(21)23/h1-8,11H,9-10H2,(H2,21,23)(H,22,24). The molecule has 5 nitrogen and oxygen atoms in total. The van der Waals surface area contributed by atoms with Gasteiger partial charge in [-0.15, -0.1) is 0 Å². The molecule has 2 amide bonds. The summed E-state index contributed by atoms with van der Waals surface area (Å²) in [6.07, 6.45) is 3.01. The monoisotopic (exact) mass is 378 g/mol. The number of anilines is 1. The Morgan fingerprint density at radius 3 is 2.68 bits per heavy atom. The number of amides is 2. The molecule has 3 N–H and O–H groups in total. The van der Waals surface area contributed by atoms with E-state index in [-0.39, 0.29) is 18.9 Å². The van der Waals surface area contributed by atoms with Gasteiger partial charge in [0.1, 0.15) is 5.75 Å². The maximum absolute atomic E-state index is 12.1. The van der Waals surface area contributed by atoms with Crippen molar-refractivity contribution in [3.05, 3.63) is 64.1 Å². The Kier molecular flexibility index (Phi) is 6.86. The van der Waals surface area contributed by atoms with Gasteiger partial charge in [0.2, 0.25) is 11.8 Å². The van der Waals surface area contributed by atoms with Gasteiger partial charge in [-0.3, -0.25) is 9.59 Å². The molecule has 7 heteroatoms. The van der Waals surface area contributed by atoms with Gasteiger partial charge in [0.15, 0.2) is 0 Å². The summed E-state index contributed by atoms with van der Waals surface area (Å²) >= 11 is 12.0. The molecule has 0 fully saturated rings. The summed E-state index contributed by atoms with van der Waals surface area (Å²) in [5.74, 6) is -0.365. The van der Waals surface area contributed by atoms with Crippen LogP contribution in [0.1, 0.15) is 12.0 Å². The van der Waals surface area contributed by atoms with Crippen LogP contribution in [0.3, 0.4) is 0 Å². The van der Waals surface area contributed by atoms with Crippen LogP contribution in [0.2, 0.25) is 10.0 Å². The number of benzene rings is 2. The fraction of sp³-hybridized carbons (Fsp3) is 0.111. The Bertz CT molecular complexity index is 807. The van der Waals surface area contributed by atoms with Crippen LogP contribution < -0.4 is 15.8 Å². The average Bonchev–Trinajstić information content (AvgIpc) is 2.57. The van der Waals surface area contributed by atoms with Gasteiger partial charge in [0.05, 0.1) is 18.7 Å². The minimum Gasteiger partial charge on any atom is -0.491 e. The van der Waals surface area contributed by atoms with Crippen molar-refractivity contribution < 1.29 is 14.3 Å². The average molecular weight is 379 g/mol. The minimum absolute atomic E-state index is 0.0927. The summed E-state index contributed by atoms with van der Waals surface area (Å²) in [6.45, 7) is 0.135. The van der Waals surface area contributed by atoms with Crippen LogP contribution in [0.4, 0.5) is 5.69 Å². The third-order valence-corrected chi connectivity index (χ3v) is 3.70. The highest BCUT2D eigenvalue weighted by atomic mass is 35.5. The van der Waals surface area contributed by atoms with E-state index in [1.54, 1.807) is 48.5 Å². The van der Waals surface area contributed by atoms with Crippen LogP contribution in [0, 0.1) is 0 Å². The largest absolute Gasteiger partial charge is 0.491 e. The fourth-order valence-electron chi connectivity index (χ4n) is 1.94. The molecule has 0 radical (unpaired) electrons. The number of hydrogen-bond donors (Lipinski definition) is 2. The molecule has 0 saturated heterocycles. The Morgan fingerprint density at radius 2 is 1.92 bits per heavy atom. The molecule has 130 valence electrons. The number of halogens is 2. The van der Waals surface area contributed by atoms with Crippen LogP contribution in [-0.2, 0) is 9.59 Å². The zero-order chi connectivity index (χ0) is 18.2. The summed E-state index contributed by atoms with van der Waals surface area (Å²) in [5.41, 5.74) is 6.19. The molecule has 0 aliphatic rings. The van der Waals surface area contributed by atoms with E-state index in [2.05, 4.69) is 5.32 Å². The number of nitrogens with two attached hydrogens (primary N) is 1. The Hall–Kier alpha value is -2.50. The molecule has 0 atom stereocenters. The van der Waals surface area contributed by atoms with Crippen molar-refractivity contribution in [2.75, 3.05) is 11.9 Å². The first kappa shape index (κ1) is 18.8. The fourth-order valence-corrected chi connectivity index (χ4v) is 2.30. The summed E-state index contributed by atoms with van der Waals surface area (Å²) in [6, 6.07) is 11.9. The molecular formula is C18H16Cl2N2O3. The van der Waals surface area contributed by atoms with E-state index in [1.807, 2.05) is 0 Å². The number of para-hydroxylation sites is 2. The van der Waals surface area contributed by atoms with Gasteiger partial charge in [-0.25, -0.2) is 0 Å². The number of ether oxygens (including phenoxy) is 1. The smallest absolute Gasteiger partial charge is 0.248 e. The van der Waals surface area contributed by atoms with Crippen LogP contribution in [0.15, 0.2) is 48.5 Å². The van der Waals surface area contributed by atoms with Crippen LogP contribution in [0.5, 0.6) is 5.75 Å². The second kappa shape index (κ2) is 9.11. The number of hydrogen-bond acceptors (Lipinski definition) is 3. The van der Waals surface area contributed by atoms with Crippen molar-refractivity contribution >= 4 is 46.8 Å². The highest BCUT2D eigenvalue weighted by Gasteiger charge is 2.06. The molecule has 0 bridgehead atoms. The predicted molar refractivity (Wildman–Crippen MR) is 99.9 cm³/mol. The van der Waals surface area contributed by atoms with E-state index in [4.69, 9.17) is 33.7 Å². The molecule has 0 aliphatic heterocycles. The van der Waals surface area contributed by atoms with Gasteiger partial charge in [0, 0.05) is 16.1 Å². The van der Waals surface area contributed by atoms with Gasteiger partial charge in [-0.2, -0.15) is 0 Å². The lowest BCUT2D eigenvalue weighted by Gasteiger charge is -2.11. The maximum atomic E-state index is 12.1. The molecule has 0 unspecified atom stereocenters. The lowest BCUT2D eigenvalue weighted by atomic mass is 10.2. The van der Waals surface area contributed by atoms with E-state index < -0.39 is 5.91 Å². The molecule has 0 aliphatic carbocycles. The SMILES string of the molecule is NC(=O)CCOc1ccccc1NC(=O)C=Cc1cc(Cl)ccc1Cl. The minimum atomic E-state index is -0.456.